The first-order valence-electron chi connectivity index (χ1n) is 20.6. The number of hydrogen-bond donors (Lipinski definition) is 0. The van der Waals surface area contributed by atoms with Crippen molar-refractivity contribution in [3.8, 4) is 44.5 Å². The summed E-state index contributed by atoms with van der Waals surface area (Å²) in [5.41, 5.74) is 10.2. The van der Waals surface area contributed by atoms with Gasteiger partial charge in [0.1, 0.15) is 0 Å². The molecule has 0 N–H and O–H groups in total. The monoisotopic (exact) mass is 794 g/mol. The Hall–Kier alpha value is -7.10. The van der Waals surface area contributed by atoms with E-state index in [9.17, 15) is 0 Å². The third-order valence-electron chi connectivity index (χ3n) is 12.6. The second-order valence-corrected chi connectivity index (χ2v) is 18.0. The summed E-state index contributed by atoms with van der Waals surface area (Å²) in [6.45, 7) is 0. The molecule has 0 saturated carbocycles. The van der Waals surface area contributed by atoms with Gasteiger partial charge in [-0.1, -0.05) is 188 Å². The Morgan fingerprint density at radius 2 is 0.600 bits per heavy atom. The maximum atomic E-state index is 2.45. The molecular formula is C58H34S2. The van der Waals surface area contributed by atoms with Gasteiger partial charge in [0.2, 0.25) is 0 Å². The molecule has 0 aliphatic rings. The number of rotatable bonds is 4. The van der Waals surface area contributed by atoms with Gasteiger partial charge in [0.25, 0.3) is 0 Å². The minimum Gasteiger partial charge on any atom is -0.135 e. The molecule has 2 heterocycles. The normalized spacial score (nSPS) is 12.0. The van der Waals surface area contributed by atoms with E-state index in [1.807, 2.05) is 22.7 Å². The molecule has 0 fully saturated rings. The van der Waals surface area contributed by atoms with E-state index in [1.165, 1.54) is 128 Å². The van der Waals surface area contributed by atoms with E-state index in [4.69, 9.17) is 0 Å². The van der Waals surface area contributed by atoms with Crippen LogP contribution in [-0.2, 0) is 0 Å². The summed E-state index contributed by atoms with van der Waals surface area (Å²) < 4.78 is 5.29. The van der Waals surface area contributed by atoms with Crippen molar-refractivity contribution in [3.05, 3.63) is 206 Å². The van der Waals surface area contributed by atoms with E-state index in [0.29, 0.717) is 0 Å². The Bertz CT molecular complexity index is 3770. The third kappa shape index (κ3) is 4.96. The number of thiophene rings is 2. The topological polar surface area (TPSA) is 0 Å². The molecule has 0 aliphatic carbocycles. The van der Waals surface area contributed by atoms with Crippen LogP contribution in [0.1, 0.15) is 0 Å². The Labute approximate surface area is 354 Å². The first-order chi connectivity index (χ1) is 29.8. The van der Waals surface area contributed by atoms with Gasteiger partial charge in [-0.3, -0.25) is 0 Å². The van der Waals surface area contributed by atoms with Crippen molar-refractivity contribution in [2.45, 2.75) is 0 Å². The van der Waals surface area contributed by atoms with Crippen molar-refractivity contribution in [1.82, 2.24) is 0 Å². The van der Waals surface area contributed by atoms with Crippen molar-refractivity contribution < 1.29 is 0 Å². The molecule has 2 heteroatoms. The fraction of sp³-hybridized carbons (Fsp3) is 0. The van der Waals surface area contributed by atoms with Gasteiger partial charge in [0, 0.05) is 45.9 Å². The molecule has 0 spiro atoms. The molecule has 0 aliphatic heterocycles. The molecule has 13 aromatic rings. The smallest absolute Gasteiger partial charge is 0.0434 e. The van der Waals surface area contributed by atoms with E-state index in [0.717, 1.165) is 0 Å². The molecule has 0 unspecified atom stereocenters. The lowest BCUT2D eigenvalue weighted by molar-refractivity contribution is 1.66. The minimum atomic E-state index is 1.24. The molecule has 60 heavy (non-hydrogen) atoms. The van der Waals surface area contributed by atoms with Crippen LogP contribution >= 0.6 is 22.7 Å². The van der Waals surface area contributed by atoms with Crippen LogP contribution < -0.4 is 0 Å². The van der Waals surface area contributed by atoms with Crippen molar-refractivity contribution >= 4 is 106 Å². The summed E-state index contributed by atoms with van der Waals surface area (Å²) in [5, 5.41) is 15.5. The fourth-order valence-electron chi connectivity index (χ4n) is 10.1. The molecule has 0 nitrogen and oxygen atoms in total. The number of hydrogen-bond acceptors (Lipinski definition) is 2. The highest BCUT2D eigenvalue weighted by Crippen LogP contribution is 2.50. The van der Waals surface area contributed by atoms with Crippen LogP contribution in [0.2, 0.25) is 0 Å². The molecule has 0 saturated heterocycles. The molecule has 2 aromatic heterocycles. The van der Waals surface area contributed by atoms with E-state index in [-0.39, 0.29) is 0 Å². The first-order valence-corrected chi connectivity index (χ1v) is 22.2. The second-order valence-electron chi connectivity index (χ2n) is 15.9. The van der Waals surface area contributed by atoms with Gasteiger partial charge in [-0.15, -0.1) is 22.7 Å². The SMILES string of the molecule is c1ccc(-c2c3ccccc3c(-c3ccc4c(c3)sc3c(-c5c6ccccc6c(-c6ccc7c(c6)sc6ccccc67)c6ccccc56)cccc34)c3ccccc23)cc1. The molecule has 278 valence electrons. The fourth-order valence-corrected chi connectivity index (χ4v) is 12.5. The Morgan fingerprint density at radius 3 is 1.13 bits per heavy atom. The lowest BCUT2D eigenvalue weighted by atomic mass is 9.85. The molecule has 11 aromatic carbocycles. The summed E-state index contributed by atoms with van der Waals surface area (Å²) in [5.74, 6) is 0. The highest BCUT2D eigenvalue weighted by Gasteiger charge is 2.21. The largest absolute Gasteiger partial charge is 0.135 e. The van der Waals surface area contributed by atoms with Gasteiger partial charge in [-0.2, -0.15) is 0 Å². The zero-order chi connectivity index (χ0) is 39.3. The minimum absolute atomic E-state index is 1.24. The van der Waals surface area contributed by atoms with Crippen molar-refractivity contribution in [2.24, 2.45) is 0 Å². The van der Waals surface area contributed by atoms with Gasteiger partial charge in [0.15, 0.2) is 0 Å². The molecule has 0 atom stereocenters. The molecular weight excluding hydrogens is 761 g/mol. The van der Waals surface area contributed by atoms with E-state index >= 15 is 0 Å². The van der Waals surface area contributed by atoms with E-state index < -0.39 is 0 Å². The zero-order valence-electron chi connectivity index (χ0n) is 32.4. The second kappa shape index (κ2) is 13.2. The quantitative estimate of drug-likeness (QED) is 0.156. The van der Waals surface area contributed by atoms with Crippen LogP contribution in [0.3, 0.4) is 0 Å². The van der Waals surface area contributed by atoms with Crippen LogP contribution in [0, 0.1) is 0 Å². The van der Waals surface area contributed by atoms with E-state index in [2.05, 4.69) is 206 Å². The Balaban J connectivity index is 1.04. The average Bonchev–Trinajstić information content (AvgIpc) is 3.88. The molecule has 0 bridgehead atoms. The average molecular weight is 795 g/mol. The number of benzene rings is 11. The summed E-state index contributed by atoms with van der Waals surface area (Å²) in [6, 6.07) is 76.8. The van der Waals surface area contributed by atoms with E-state index in [1.54, 1.807) is 0 Å². The van der Waals surface area contributed by atoms with Crippen molar-refractivity contribution in [2.75, 3.05) is 0 Å². The lowest BCUT2D eigenvalue weighted by Crippen LogP contribution is -1.91. The standard InChI is InChI=1S/C58H34S2/c1-2-15-35(16-3-1)54-41-18-4-6-20-43(41)55(44-21-7-5-19-42(44)54)37-30-32-40-49-26-14-27-50(58(49)60-53(40)34-37)57-47-24-10-8-22-45(47)56(46-23-9-11-25-48(46)57)36-29-31-39-38-17-12-13-28-51(38)59-52(39)33-36/h1-34H. The predicted octanol–water partition coefficient (Wildman–Crippen LogP) is 17.7. The van der Waals surface area contributed by atoms with Crippen molar-refractivity contribution in [3.63, 3.8) is 0 Å². The zero-order valence-corrected chi connectivity index (χ0v) is 34.1. The van der Waals surface area contributed by atoms with Crippen LogP contribution in [0.5, 0.6) is 0 Å². The summed E-state index contributed by atoms with van der Waals surface area (Å²) in [7, 11) is 0. The first kappa shape index (κ1) is 33.8. The van der Waals surface area contributed by atoms with Crippen molar-refractivity contribution in [1.29, 1.82) is 0 Å². The van der Waals surface area contributed by atoms with Gasteiger partial charge >= 0.3 is 0 Å². The predicted molar refractivity (Wildman–Crippen MR) is 264 cm³/mol. The molecule has 0 amide bonds. The maximum Gasteiger partial charge on any atom is 0.0434 e. The Kier molecular flexibility index (Phi) is 7.45. The van der Waals surface area contributed by atoms with Crippen LogP contribution in [-0.4, -0.2) is 0 Å². The van der Waals surface area contributed by atoms with Crippen LogP contribution in [0.25, 0.3) is 128 Å². The molecule has 0 radical (unpaired) electrons. The van der Waals surface area contributed by atoms with Crippen LogP contribution in [0.15, 0.2) is 206 Å². The number of fused-ring (bicyclic) bond motifs is 10. The van der Waals surface area contributed by atoms with Gasteiger partial charge < -0.3 is 0 Å². The van der Waals surface area contributed by atoms with Gasteiger partial charge in [-0.25, -0.2) is 0 Å². The third-order valence-corrected chi connectivity index (χ3v) is 15.0. The highest BCUT2D eigenvalue weighted by molar-refractivity contribution is 7.26. The lowest BCUT2D eigenvalue weighted by Gasteiger charge is -2.18. The summed E-state index contributed by atoms with van der Waals surface area (Å²) >= 11 is 3.81. The Morgan fingerprint density at radius 1 is 0.217 bits per heavy atom. The highest BCUT2D eigenvalue weighted by atomic mass is 32.1. The van der Waals surface area contributed by atoms with Gasteiger partial charge in [-0.05, 0) is 100 Å². The van der Waals surface area contributed by atoms with Crippen LogP contribution in [0.4, 0.5) is 0 Å². The summed E-state index contributed by atoms with van der Waals surface area (Å²) in [6.07, 6.45) is 0. The molecule has 13 rings (SSSR count). The summed E-state index contributed by atoms with van der Waals surface area (Å²) in [4.78, 5) is 0. The maximum absolute atomic E-state index is 2.45. The van der Waals surface area contributed by atoms with Gasteiger partial charge in [0.05, 0.1) is 0 Å².